The number of halogens is 11. The number of alkyl halides is 9. The SMILES string of the molecule is O=C(CC(=O)C(F)(F)C(F)(F)C(F)(F)C(F)(F)F)c1cc(F)cc(F)c1. The number of carbonyl (C=O) groups excluding carboxylic acids is 2. The fourth-order valence-electron chi connectivity index (χ4n) is 1.62. The van der Waals surface area contributed by atoms with Crippen molar-refractivity contribution in [2.24, 2.45) is 0 Å². The molecule has 1 rings (SSSR count). The second-order valence-corrected chi connectivity index (χ2v) is 4.90. The molecule has 0 radical (unpaired) electrons. The van der Waals surface area contributed by atoms with E-state index in [1.165, 1.54) is 0 Å². The highest BCUT2D eigenvalue weighted by molar-refractivity contribution is 6.10. The van der Waals surface area contributed by atoms with Crippen LogP contribution in [-0.2, 0) is 4.79 Å². The molecule has 146 valence electrons. The fraction of sp³-hybridized carbons (Fsp3) is 0.385. The third kappa shape index (κ3) is 3.65. The summed E-state index contributed by atoms with van der Waals surface area (Å²) in [6.07, 6.45) is -9.44. The summed E-state index contributed by atoms with van der Waals surface area (Å²) in [4.78, 5) is 22.5. The molecular formula is C13H5F11O2. The van der Waals surface area contributed by atoms with Crippen molar-refractivity contribution in [2.75, 3.05) is 0 Å². The van der Waals surface area contributed by atoms with Crippen LogP contribution in [0, 0.1) is 11.6 Å². The van der Waals surface area contributed by atoms with Gasteiger partial charge in [0.05, 0.1) is 6.42 Å². The lowest BCUT2D eigenvalue weighted by molar-refractivity contribution is -0.388. The first kappa shape index (κ1) is 21.8. The maximum absolute atomic E-state index is 13.3. The largest absolute Gasteiger partial charge is 0.460 e. The molecule has 0 amide bonds. The number of rotatable bonds is 6. The minimum atomic E-state index is -7.30. The molecule has 1 aromatic rings. The van der Waals surface area contributed by atoms with Crippen molar-refractivity contribution in [3.63, 3.8) is 0 Å². The van der Waals surface area contributed by atoms with E-state index in [2.05, 4.69) is 0 Å². The molecule has 1 aromatic carbocycles. The smallest absolute Gasteiger partial charge is 0.294 e. The van der Waals surface area contributed by atoms with E-state index in [-0.39, 0.29) is 18.2 Å². The molecule has 0 saturated carbocycles. The molecule has 0 fully saturated rings. The van der Waals surface area contributed by atoms with E-state index in [0.717, 1.165) is 0 Å². The van der Waals surface area contributed by atoms with Gasteiger partial charge < -0.3 is 0 Å². The summed E-state index contributed by atoms with van der Waals surface area (Å²) in [6.45, 7) is 0. The van der Waals surface area contributed by atoms with Gasteiger partial charge >= 0.3 is 23.9 Å². The third-order valence-electron chi connectivity index (χ3n) is 3.00. The van der Waals surface area contributed by atoms with E-state index in [1.54, 1.807) is 0 Å². The van der Waals surface area contributed by atoms with Crippen molar-refractivity contribution in [3.05, 3.63) is 35.4 Å². The molecular weight excluding hydrogens is 397 g/mol. The van der Waals surface area contributed by atoms with E-state index in [0.29, 0.717) is 0 Å². The molecule has 0 bridgehead atoms. The summed E-state index contributed by atoms with van der Waals surface area (Å²) < 4.78 is 139. The average molecular weight is 402 g/mol. The Bertz CT molecular complexity index is 701. The first-order chi connectivity index (χ1) is 11.4. The van der Waals surface area contributed by atoms with Gasteiger partial charge in [-0.1, -0.05) is 0 Å². The zero-order valence-corrected chi connectivity index (χ0v) is 11.9. The fourth-order valence-corrected chi connectivity index (χ4v) is 1.62. The molecule has 0 saturated heterocycles. The van der Waals surface area contributed by atoms with E-state index < -0.39 is 59.1 Å². The summed E-state index contributed by atoms with van der Waals surface area (Å²) in [5.41, 5.74) is -1.10. The van der Waals surface area contributed by atoms with Gasteiger partial charge in [-0.3, -0.25) is 9.59 Å². The highest BCUT2D eigenvalue weighted by Gasteiger charge is 2.83. The second-order valence-electron chi connectivity index (χ2n) is 4.90. The normalized spacial score (nSPS) is 13.7. The summed E-state index contributed by atoms with van der Waals surface area (Å²) in [5, 5.41) is 0. The van der Waals surface area contributed by atoms with Crippen molar-refractivity contribution < 1.29 is 57.9 Å². The van der Waals surface area contributed by atoms with Gasteiger partial charge in [-0.15, -0.1) is 0 Å². The quantitative estimate of drug-likeness (QED) is 0.397. The zero-order chi connectivity index (χ0) is 20.7. The Morgan fingerprint density at radius 1 is 0.731 bits per heavy atom. The summed E-state index contributed by atoms with van der Waals surface area (Å²) in [6, 6.07) is 0.629. The second kappa shape index (κ2) is 6.50. The Hall–Kier alpha value is -2.21. The van der Waals surface area contributed by atoms with Gasteiger partial charge in [0.1, 0.15) is 11.6 Å². The van der Waals surface area contributed by atoms with E-state index in [1.807, 2.05) is 0 Å². The Morgan fingerprint density at radius 2 is 1.15 bits per heavy atom. The number of hydrogen-bond acceptors (Lipinski definition) is 2. The standard InChI is InChI=1S/C13H5F11O2/c14-6-1-5(2-7(15)3-6)8(25)4-9(26)10(16,17)11(18,19)12(20,21)13(22,23)24/h1-3H,4H2. The molecule has 0 atom stereocenters. The minimum absolute atomic E-state index is 0.208. The van der Waals surface area contributed by atoms with Gasteiger partial charge in [-0.2, -0.15) is 39.5 Å². The lowest BCUT2D eigenvalue weighted by atomic mass is 9.95. The van der Waals surface area contributed by atoms with Crippen LogP contribution in [0.15, 0.2) is 18.2 Å². The molecule has 0 N–H and O–H groups in total. The Balaban J connectivity index is 3.16. The average Bonchev–Trinajstić information content (AvgIpc) is 2.44. The summed E-state index contributed by atoms with van der Waals surface area (Å²) in [5.74, 6) is -29.2. The maximum Gasteiger partial charge on any atom is 0.460 e. The van der Waals surface area contributed by atoms with Gasteiger partial charge in [0.15, 0.2) is 5.78 Å². The maximum atomic E-state index is 13.3. The molecule has 0 unspecified atom stereocenters. The first-order valence-corrected chi connectivity index (χ1v) is 6.18. The summed E-state index contributed by atoms with van der Waals surface area (Å²) >= 11 is 0. The predicted octanol–water partition coefficient (Wildman–Crippen LogP) is 4.57. The Kier molecular flexibility index (Phi) is 5.46. The van der Waals surface area contributed by atoms with Gasteiger partial charge in [0, 0.05) is 11.6 Å². The minimum Gasteiger partial charge on any atom is -0.294 e. The van der Waals surface area contributed by atoms with Crippen LogP contribution in [0.25, 0.3) is 0 Å². The summed E-state index contributed by atoms with van der Waals surface area (Å²) in [7, 11) is 0. The van der Waals surface area contributed by atoms with Gasteiger partial charge in [-0.25, -0.2) is 8.78 Å². The Labute approximate surface area is 136 Å². The van der Waals surface area contributed by atoms with E-state index in [9.17, 15) is 57.9 Å². The van der Waals surface area contributed by atoms with E-state index in [4.69, 9.17) is 0 Å². The van der Waals surface area contributed by atoms with Crippen LogP contribution in [0.2, 0.25) is 0 Å². The molecule has 0 aliphatic rings. The van der Waals surface area contributed by atoms with Crippen LogP contribution in [-0.4, -0.2) is 35.5 Å². The Morgan fingerprint density at radius 3 is 1.54 bits per heavy atom. The lowest BCUT2D eigenvalue weighted by Gasteiger charge is -2.32. The van der Waals surface area contributed by atoms with Gasteiger partial charge in [-0.05, 0) is 12.1 Å². The van der Waals surface area contributed by atoms with Crippen molar-refractivity contribution >= 4 is 11.6 Å². The van der Waals surface area contributed by atoms with Crippen LogP contribution in [0.5, 0.6) is 0 Å². The molecule has 0 aliphatic carbocycles. The highest BCUT2D eigenvalue weighted by Crippen LogP contribution is 2.53. The van der Waals surface area contributed by atoms with Crippen LogP contribution >= 0.6 is 0 Å². The first-order valence-electron chi connectivity index (χ1n) is 6.18. The van der Waals surface area contributed by atoms with E-state index >= 15 is 0 Å². The van der Waals surface area contributed by atoms with Gasteiger partial charge in [0.2, 0.25) is 5.78 Å². The number of Topliss-reactive ketones (excluding diaryl/α,β-unsaturated/α-hetero) is 2. The molecule has 13 heteroatoms. The van der Waals surface area contributed by atoms with Crippen LogP contribution in [0.1, 0.15) is 16.8 Å². The zero-order valence-electron chi connectivity index (χ0n) is 11.9. The molecule has 0 spiro atoms. The van der Waals surface area contributed by atoms with Gasteiger partial charge in [0.25, 0.3) is 0 Å². The number of ketones is 2. The predicted molar refractivity (Wildman–Crippen MR) is 61.2 cm³/mol. The van der Waals surface area contributed by atoms with Crippen LogP contribution in [0.4, 0.5) is 48.3 Å². The number of carbonyl (C=O) groups is 2. The molecule has 0 aliphatic heterocycles. The number of hydrogen-bond donors (Lipinski definition) is 0. The molecule has 0 heterocycles. The topological polar surface area (TPSA) is 34.1 Å². The third-order valence-corrected chi connectivity index (χ3v) is 3.00. The van der Waals surface area contributed by atoms with Crippen LogP contribution < -0.4 is 0 Å². The molecule has 2 nitrogen and oxygen atoms in total. The molecule has 26 heavy (non-hydrogen) atoms. The number of benzene rings is 1. The van der Waals surface area contributed by atoms with Crippen molar-refractivity contribution in [1.82, 2.24) is 0 Å². The molecule has 0 aromatic heterocycles. The lowest BCUT2D eigenvalue weighted by Crippen LogP contribution is -2.63. The monoisotopic (exact) mass is 402 g/mol. The van der Waals surface area contributed by atoms with Crippen molar-refractivity contribution in [3.8, 4) is 0 Å². The highest BCUT2D eigenvalue weighted by atomic mass is 19.4. The van der Waals surface area contributed by atoms with Crippen molar-refractivity contribution in [2.45, 2.75) is 30.4 Å². The van der Waals surface area contributed by atoms with Crippen LogP contribution in [0.3, 0.4) is 0 Å². The van der Waals surface area contributed by atoms with Crippen molar-refractivity contribution in [1.29, 1.82) is 0 Å².